The monoisotopic (exact) mass is 263 g/mol. The molecule has 0 amide bonds. The average Bonchev–Trinajstić information content (AvgIpc) is 3.24. The van der Waals surface area contributed by atoms with Gasteiger partial charge in [-0.15, -0.1) is 0 Å². The molecule has 0 spiro atoms. The first-order chi connectivity index (χ1) is 9.24. The van der Waals surface area contributed by atoms with Crippen LogP contribution in [0.25, 0.3) is 0 Å². The number of aliphatic hydroxyl groups excluding tert-OH is 1. The highest BCUT2D eigenvalue weighted by atomic mass is 16.3. The van der Waals surface area contributed by atoms with Gasteiger partial charge in [0.1, 0.15) is 0 Å². The van der Waals surface area contributed by atoms with Crippen molar-refractivity contribution in [3.05, 3.63) is 0 Å². The summed E-state index contributed by atoms with van der Waals surface area (Å²) in [6, 6.07) is 3.51. The number of rotatable bonds is 6. The maximum atomic E-state index is 10.1. The number of nitrogens with one attached hydrogen (secondary N) is 1. The first-order valence-corrected chi connectivity index (χ1v) is 7.78. The molecule has 19 heavy (non-hydrogen) atoms. The number of nitriles is 1. The molecule has 0 bridgehead atoms. The van der Waals surface area contributed by atoms with Crippen LogP contribution in [0.5, 0.6) is 0 Å². The second-order valence-electron chi connectivity index (χ2n) is 6.73. The van der Waals surface area contributed by atoms with Gasteiger partial charge in [0.05, 0.1) is 18.7 Å². The molecule has 3 rings (SSSR count). The van der Waals surface area contributed by atoms with Crippen molar-refractivity contribution in [1.29, 1.82) is 5.26 Å². The fraction of sp³-hybridized carbons (Fsp3) is 0.933. The number of hydrogen-bond acceptors (Lipinski definition) is 4. The summed E-state index contributed by atoms with van der Waals surface area (Å²) in [4.78, 5) is 2.26. The predicted molar refractivity (Wildman–Crippen MR) is 73.5 cm³/mol. The third-order valence-electron chi connectivity index (χ3n) is 4.70. The average molecular weight is 263 g/mol. The lowest BCUT2D eigenvalue weighted by Gasteiger charge is -2.38. The Morgan fingerprint density at radius 3 is 2.63 bits per heavy atom. The first-order valence-electron chi connectivity index (χ1n) is 7.78. The molecule has 0 aromatic rings. The molecule has 0 aromatic heterocycles. The quantitative estimate of drug-likeness (QED) is 0.705. The van der Waals surface area contributed by atoms with Gasteiger partial charge < -0.3 is 10.4 Å². The topological polar surface area (TPSA) is 59.3 Å². The Labute approximate surface area is 115 Å². The van der Waals surface area contributed by atoms with Gasteiger partial charge in [0.25, 0.3) is 0 Å². The summed E-state index contributed by atoms with van der Waals surface area (Å²) in [7, 11) is 0. The van der Waals surface area contributed by atoms with Crippen molar-refractivity contribution in [2.24, 2.45) is 11.8 Å². The Morgan fingerprint density at radius 1 is 1.21 bits per heavy atom. The molecule has 1 aliphatic heterocycles. The van der Waals surface area contributed by atoms with Gasteiger partial charge in [-0.25, -0.2) is 0 Å². The lowest BCUT2D eigenvalue weighted by molar-refractivity contribution is 0.0794. The predicted octanol–water partition coefficient (Wildman–Crippen LogP) is 1.11. The van der Waals surface area contributed by atoms with Crippen LogP contribution < -0.4 is 5.32 Å². The number of nitrogens with zero attached hydrogens (tertiary/aromatic N) is 2. The van der Waals surface area contributed by atoms with Crippen LogP contribution in [0, 0.1) is 23.2 Å². The molecule has 1 heterocycles. The van der Waals surface area contributed by atoms with Crippen LogP contribution in [-0.2, 0) is 0 Å². The van der Waals surface area contributed by atoms with Crippen molar-refractivity contribution in [2.75, 3.05) is 19.6 Å². The Bertz CT molecular complexity index is 346. The molecule has 0 radical (unpaired) electrons. The van der Waals surface area contributed by atoms with Crippen molar-refractivity contribution < 1.29 is 5.11 Å². The molecule has 3 atom stereocenters. The SMILES string of the molecule is N#CCN1CC(CC(O)C2CC2)CC(NC2CC2)C1. The first kappa shape index (κ1) is 13.4. The number of likely N-dealkylation sites (tertiary alicyclic amines) is 1. The van der Waals surface area contributed by atoms with E-state index in [2.05, 4.69) is 16.3 Å². The lowest BCUT2D eigenvalue weighted by atomic mass is 9.88. The molecule has 2 N–H and O–H groups in total. The highest BCUT2D eigenvalue weighted by molar-refractivity contribution is 4.93. The Balaban J connectivity index is 1.53. The summed E-state index contributed by atoms with van der Waals surface area (Å²) in [5.41, 5.74) is 0. The fourth-order valence-corrected chi connectivity index (χ4v) is 3.42. The largest absolute Gasteiger partial charge is 0.393 e. The van der Waals surface area contributed by atoms with E-state index in [1.54, 1.807) is 0 Å². The summed E-state index contributed by atoms with van der Waals surface area (Å²) in [5.74, 6) is 1.12. The van der Waals surface area contributed by atoms with E-state index in [1.165, 1.54) is 32.1 Å². The normalized spacial score (nSPS) is 33.9. The maximum absolute atomic E-state index is 10.1. The van der Waals surface area contributed by atoms with Gasteiger partial charge in [-0.05, 0) is 50.4 Å². The zero-order valence-electron chi connectivity index (χ0n) is 11.6. The molecule has 4 nitrogen and oxygen atoms in total. The Kier molecular flexibility index (Phi) is 4.07. The van der Waals surface area contributed by atoms with E-state index >= 15 is 0 Å². The summed E-state index contributed by atoms with van der Waals surface area (Å²) < 4.78 is 0. The molecule has 3 unspecified atom stereocenters. The third kappa shape index (κ3) is 3.92. The van der Waals surface area contributed by atoms with E-state index in [-0.39, 0.29) is 6.10 Å². The minimum Gasteiger partial charge on any atom is -0.393 e. The molecule has 106 valence electrons. The van der Waals surface area contributed by atoms with Gasteiger partial charge >= 0.3 is 0 Å². The summed E-state index contributed by atoms with van der Waals surface area (Å²) in [5, 5.41) is 22.7. The van der Waals surface area contributed by atoms with Gasteiger partial charge in [-0.1, -0.05) is 0 Å². The molecule has 4 heteroatoms. The van der Waals surface area contributed by atoms with E-state index in [0.29, 0.717) is 24.4 Å². The van der Waals surface area contributed by atoms with Crippen molar-refractivity contribution in [1.82, 2.24) is 10.2 Å². The minimum atomic E-state index is -0.103. The molecule has 1 saturated heterocycles. The molecule has 2 saturated carbocycles. The molecule has 3 fully saturated rings. The molecule has 3 aliphatic rings. The lowest BCUT2D eigenvalue weighted by Crippen LogP contribution is -2.50. The van der Waals surface area contributed by atoms with Gasteiger partial charge in [0.2, 0.25) is 0 Å². The number of piperidine rings is 1. The van der Waals surface area contributed by atoms with Gasteiger partial charge in [0.15, 0.2) is 0 Å². The van der Waals surface area contributed by atoms with Crippen LogP contribution in [0.4, 0.5) is 0 Å². The van der Waals surface area contributed by atoms with Crippen molar-refractivity contribution in [3.63, 3.8) is 0 Å². The van der Waals surface area contributed by atoms with E-state index in [9.17, 15) is 5.11 Å². The van der Waals surface area contributed by atoms with Crippen LogP contribution in [0.3, 0.4) is 0 Å². The van der Waals surface area contributed by atoms with Gasteiger partial charge in [0, 0.05) is 25.2 Å². The molecule has 2 aliphatic carbocycles. The smallest absolute Gasteiger partial charge is 0.0866 e. The Morgan fingerprint density at radius 2 is 2.00 bits per heavy atom. The van der Waals surface area contributed by atoms with Crippen LogP contribution in [-0.4, -0.2) is 47.8 Å². The Hall–Kier alpha value is -0.630. The zero-order chi connectivity index (χ0) is 13.2. The van der Waals surface area contributed by atoms with Gasteiger partial charge in [-0.3, -0.25) is 4.90 Å². The summed E-state index contributed by atoms with van der Waals surface area (Å²) in [6.07, 6.45) is 7.03. The highest BCUT2D eigenvalue weighted by Crippen LogP contribution is 2.36. The third-order valence-corrected chi connectivity index (χ3v) is 4.70. The number of hydrogen-bond donors (Lipinski definition) is 2. The fourth-order valence-electron chi connectivity index (χ4n) is 3.42. The second-order valence-corrected chi connectivity index (χ2v) is 6.73. The molecular weight excluding hydrogens is 238 g/mol. The van der Waals surface area contributed by atoms with E-state index < -0.39 is 0 Å². The van der Waals surface area contributed by atoms with E-state index in [1.807, 2.05) is 0 Å². The standard InChI is InChI=1S/C15H25N3O/c16-5-6-18-9-11(8-15(19)12-1-2-12)7-14(10-18)17-13-3-4-13/h11-15,17,19H,1-4,6-10H2. The van der Waals surface area contributed by atoms with E-state index in [0.717, 1.165) is 25.6 Å². The van der Waals surface area contributed by atoms with Crippen LogP contribution >= 0.6 is 0 Å². The highest BCUT2D eigenvalue weighted by Gasteiger charge is 2.35. The van der Waals surface area contributed by atoms with Crippen molar-refractivity contribution >= 4 is 0 Å². The zero-order valence-corrected chi connectivity index (χ0v) is 11.6. The maximum Gasteiger partial charge on any atom is 0.0866 e. The number of aliphatic hydroxyl groups is 1. The van der Waals surface area contributed by atoms with Gasteiger partial charge in [-0.2, -0.15) is 5.26 Å². The van der Waals surface area contributed by atoms with Crippen molar-refractivity contribution in [3.8, 4) is 6.07 Å². The van der Waals surface area contributed by atoms with Crippen molar-refractivity contribution in [2.45, 2.75) is 56.7 Å². The van der Waals surface area contributed by atoms with Crippen LogP contribution in [0.15, 0.2) is 0 Å². The van der Waals surface area contributed by atoms with Crippen LogP contribution in [0.2, 0.25) is 0 Å². The second kappa shape index (κ2) is 5.78. The minimum absolute atomic E-state index is 0.103. The van der Waals surface area contributed by atoms with E-state index in [4.69, 9.17) is 5.26 Å². The summed E-state index contributed by atoms with van der Waals surface area (Å²) >= 11 is 0. The molecular formula is C15H25N3O. The summed E-state index contributed by atoms with van der Waals surface area (Å²) in [6.45, 7) is 2.51. The molecule has 0 aromatic carbocycles. The van der Waals surface area contributed by atoms with Crippen LogP contribution in [0.1, 0.15) is 38.5 Å².